The van der Waals surface area contributed by atoms with Gasteiger partial charge in [-0.2, -0.15) is 0 Å². The number of nitrogens with zero attached hydrogens (tertiary/aromatic N) is 2. The van der Waals surface area contributed by atoms with E-state index in [9.17, 15) is 9.59 Å². The molecule has 0 aliphatic heterocycles. The molecule has 0 saturated heterocycles. The molecule has 0 saturated carbocycles. The third-order valence-electron chi connectivity index (χ3n) is 2.88. The Bertz CT molecular complexity index is 574. The second-order valence-corrected chi connectivity index (χ2v) is 5.24. The number of Topliss-reactive ketones (excluding diaryl/α,β-unsaturated/α-hetero) is 1. The van der Waals surface area contributed by atoms with E-state index in [2.05, 4.69) is 4.98 Å². The van der Waals surface area contributed by atoms with E-state index in [1.165, 1.54) is 11.3 Å². The Balaban J connectivity index is 2.17. The SMILES string of the molecule is CCC(CC(=O)O)C(=O)c1ccc(-n2ccnc2)s1. The van der Waals surface area contributed by atoms with Gasteiger partial charge in [0, 0.05) is 18.3 Å². The quantitative estimate of drug-likeness (QED) is 0.824. The van der Waals surface area contributed by atoms with Crippen LogP contribution < -0.4 is 0 Å². The summed E-state index contributed by atoms with van der Waals surface area (Å²) in [5.74, 6) is -1.49. The first-order valence-corrected chi connectivity index (χ1v) is 6.77. The van der Waals surface area contributed by atoms with Crippen LogP contribution >= 0.6 is 11.3 Å². The van der Waals surface area contributed by atoms with Crippen molar-refractivity contribution >= 4 is 23.1 Å². The van der Waals surface area contributed by atoms with Crippen LogP contribution in [-0.4, -0.2) is 26.4 Å². The van der Waals surface area contributed by atoms with Gasteiger partial charge in [0.15, 0.2) is 5.78 Å². The summed E-state index contributed by atoms with van der Waals surface area (Å²) < 4.78 is 1.82. The van der Waals surface area contributed by atoms with Gasteiger partial charge in [0.2, 0.25) is 0 Å². The van der Waals surface area contributed by atoms with Gasteiger partial charge in [-0.25, -0.2) is 4.98 Å². The lowest BCUT2D eigenvalue weighted by molar-refractivity contribution is -0.137. The van der Waals surface area contributed by atoms with Gasteiger partial charge in [-0.05, 0) is 18.6 Å². The fourth-order valence-electron chi connectivity index (χ4n) is 1.82. The molecule has 0 bridgehead atoms. The Hall–Kier alpha value is -1.95. The molecule has 0 aliphatic rings. The summed E-state index contributed by atoms with van der Waals surface area (Å²) in [7, 11) is 0. The average molecular weight is 278 g/mol. The number of carbonyl (C=O) groups is 2. The molecule has 2 aromatic heterocycles. The minimum atomic E-state index is -0.938. The molecule has 1 atom stereocenters. The smallest absolute Gasteiger partial charge is 0.304 e. The Morgan fingerprint density at radius 1 is 1.47 bits per heavy atom. The highest BCUT2D eigenvalue weighted by molar-refractivity contribution is 7.16. The highest BCUT2D eigenvalue weighted by Crippen LogP contribution is 2.25. The molecular formula is C13H14N2O3S. The van der Waals surface area contributed by atoms with Crippen molar-refractivity contribution < 1.29 is 14.7 Å². The molecule has 0 aliphatic carbocycles. The molecule has 0 fully saturated rings. The van der Waals surface area contributed by atoms with E-state index < -0.39 is 11.9 Å². The predicted molar refractivity (Wildman–Crippen MR) is 71.8 cm³/mol. The number of aromatic nitrogens is 2. The van der Waals surface area contributed by atoms with Crippen LogP contribution in [0.15, 0.2) is 30.9 Å². The van der Waals surface area contributed by atoms with Crippen LogP contribution in [0.3, 0.4) is 0 Å². The zero-order valence-corrected chi connectivity index (χ0v) is 11.3. The molecule has 0 aromatic carbocycles. The van der Waals surface area contributed by atoms with Crippen molar-refractivity contribution in [3.05, 3.63) is 35.7 Å². The van der Waals surface area contributed by atoms with Crippen molar-refractivity contribution in [1.82, 2.24) is 9.55 Å². The monoisotopic (exact) mass is 278 g/mol. The highest BCUT2D eigenvalue weighted by Gasteiger charge is 2.22. The Kier molecular flexibility index (Phi) is 4.11. The minimum Gasteiger partial charge on any atom is -0.481 e. The zero-order valence-electron chi connectivity index (χ0n) is 10.4. The summed E-state index contributed by atoms with van der Waals surface area (Å²) in [6.45, 7) is 1.83. The average Bonchev–Trinajstić information content (AvgIpc) is 3.04. The number of thiophene rings is 1. The number of carboxylic acids is 1. The van der Waals surface area contributed by atoms with Crippen LogP contribution in [0.5, 0.6) is 0 Å². The molecular weight excluding hydrogens is 264 g/mol. The maximum atomic E-state index is 12.2. The Morgan fingerprint density at radius 3 is 2.84 bits per heavy atom. The first kappa shape index (κ1) is 13.5. The van der Waals surface area contributed by atoms with Crippen LogP contribution in [0.2, 0.25) is 0 Å². The minimum absolute atomic E-state index is 0.0961. The Labute approximate surface area is 114 Å². The number of aliphatic carboxylic acids is 1. The zero-order chi connectivity index (χ0) is 13.8. The molecule has 5 nitrogen and oxygen atoms in total. The summed E-state index contributed by atoms with van der Waals surface area (Å²) in [6, 6.07) is 3.58. The first-order valence-electron chi connectivity index (χ1n) is 5.96. The fraction of sp³-hybridized carbons (Fsp3) is 0.308. The summed E-state index contributed by atoms with van der Waals surface area (Å²) in [5.41, 5.74) is 0. The molecule has 19 heavy (non-hydrogen) atoms. The van der Waals surface area contributed by atoms with Crippen molar-refractivity contribution in [2.24, 2.45) is 5.92 Å². The summed E-state index contributed by atoms with van der Waals surface area (Å²) >= 11 is 1.35. The second-order valence-electron chi connectivity index (χ2n) is 4.18. The van der Waals surface area contributed by atoms with E-state index in [0.717, 1.165) is 5.00 Å². The van der Waals surface area contributed by atoms with Crippen LogP contribution in [0.1, 0.15) is 29.4 Å². The van der Waals surface area contributed by atoms with Gasteiger partial charge >= 0.3 is 5.97 Å². The molecule has 1 N–H and O–H groups in total. The highest BCUT2D eigenvalue weighted by atomic mass is 32.1. The number of hydrogen-bond acceptors (Lipinski definition) is 4. The third kappa shape index (κ3) is 3.08. The van der Waals surface area contributed by atoms with Crippen molar-refractivity contribution in [1.29, 1.82) is 0 Å². The van der Waals surface area contributed by atoms with Crippen LogP contribution in [-0.2, 0) is 4.79 Å². The summed E-state index contributed by atoms with van der Waals surface area (Å²) in [5, 5.41) is 9.70. The number of hydrogen-bond donors (Lipinski definition) is 1. The van der Waals surface area contributed by atoms with Crippen LogP contribution in [0, 0.1) is 5.92 Å². The standard InChI is InChI=1S/C13H14N2O3S/c1-2-9(7-12(16)17)13(18)10-3-4-11(19-10)15-6-5-14-8-15/h3-6,8-9H,2,7H2,1H3,(H,16,17). The predicted octanol–water partition coefficient (Wildman–Crippen LogP) is 2.62. The van der Waals surface area contributed by atoms with Gasteiger partial charge in [-0.1, -0.05) is 6.92 Å². The van der Waals surface area contributed by atoms with Gasteiger partial charge in [0.1, 0.15) is 5.00 Å². The molecule has 0 amide bonds. The van der Waals surface area contributed by atoms with Crippen molar-refractivity contribution in [3.63, 3.8) is 0 Å². The van der Waals surface area contributed by atoms with Crippen molar-refractivity contribution in [2.75, 3.05) is 0 Å². The molecule has 6 heteroatoms. The van der Waals surface area contributed by atoms with E-state index in [-0.39, 0.29) is 12.2 Å². The molecule has 100 valence electrons. The van der Waals surface area contributed by atoms with E-state index in [0.29, 0.717) is 11.3 Å². The van der Waals surface area contributed by atoms with E-state index in [1.54, 1.807) is 24.8 Å². The molecule has 2 heterocycles. The molecule has 0 radical (unpaired) electrons. The molecule has 1 unspecified atom stereocenters. The summed E-state index contributed by atoms with van der Waals surface area (Å²) in [6.07, 6.45) is 5.54. The number of rotatable bonds is 6. The maximum absolute atomic E-state index is 12.2. The lowest BCUT2D eigenvalue weighted by Crippen LogP contribution is -2.16. The number of carbonyl (C=O) groups excluding carboxylic acids is 1. The lowest BCUT2D eigenvalue weighted by atomic mass is 9.96. The van der Waals surface area contributed by atoms with Crippen molar-refractivity contribution in [3.8, 4) is 5.00 Å². The molecule has 2 rings (SSSR count). The van der Waals surface area contributed by atoms with E-state index in [4.69, 9.17) is 5.11 Å². The fourth-order valence-corrected chi connectivity index (χ4v) is 2.80. The van der Waals surface area contributed by atoms with Gasteiger partial charge in [-0.15, -0.1) is 11.3 Å². The van der Waals surface area contributed by atoms with Gasteiger partial charge in [0.25, 0.3) is 0 Å². The number of carboxylic acid groups (broad SMARTS) is 1. The van der Waals surface area contributed by atoms with E-state index >= 15 is 0 Å². The summed E-state index contributed by atoms with van der Waals surface area (Å²) in [4.78, 5) is 27.5. The maximum Gasteiger partial charge on any atom is 0.304 e. The van der Waals surface area contributed by atoms with Crippen molar-refractivity contribution in [2.45, 2.75) is 19.8 Å². The van der Waals surface area contributed by atoms with Gasteiger partial charge < -0.3 is 5.11 Å². The lowest BCUT2D eigenvalue weighted by Gasteiger charge is -2.09. The van der Waals surface area contributed by atoms with E-state index in [1.807, 2.05) is 17.6 Å². The third-order valence-corrected chi connectivity index (χ3v) is 3.99. The number of imidazole rings is 1. The van der Waals surface area contributed by atoms with Crippen LogP contribution in [0.25, 0.3) is 5.00 Å². The molecule has 0 spiro atoms. The largest absolute Gasteiger partial charge is 0.481 e. The normalized spacial score (nSPS) is 12.3. The number of ketones is 1. The second kappa shape index (κ2) is 5.79. The Morgan fingerprint density at radius 2 is 2.26 bits per heavy atom. The first-order chi connectivity index (χ1) is 9.11. The van der Waals surface area contributed by atoms with Gasteiger partial charge in [0.05, 0.1) is 17.6 Å². The topological polar surface area (TPSA) is 72.2 Å². The molecule has 2 aromatic rings. The van der Waals surface area contributed by atoms with Gasteiger partial charge in [-0.3, -0.25) is 14.2 Å². The van der Waals surface area contributed by atoms with Crippen LogP contribution in [0.4, 0.5) is 0 Å².